The SMILES string of the molecule is CC1CN(c2ncc(F)cc2CCl)CC(C)S1. The average Bonchev–Trinajstić information content (AvgIpc) is 2.27. The van der Waals surface area contributed by atoms with E-state index in [0.29, 0.717) is 16.4 Å². The minimum Gasteiger partial charge on any atom is -0.354 e. The first-order valence-corrected chi connectivity index (χ1v) is 7.18. The summed E-state index contributed by atoms with van der Waals surface area (Å²) in [5, 5.41) is 1.13. The second-order valence-electron chi connectivity index (χ2n) is 4.43. The van der Waals surface area contributed by atoms with Gasteiger partial charge in [-0.25, -0.2) is 9.37 Å². The van der Waals surface area contributed by atoms with Gasteiger partial charge in [-0.1, -0.05) is 13.8 Å². The quantitative estimate of drug-likeness (QED) is 0.770. The van der Waals surface area contributed by atoms with E-state index in [2.05, 4.69) is 23.7 Å². The van der Waals surface area contributed by atoms with Crippen LogP contribution in [-0.2, 0) is 5.88 Å². The Bertz CT molecular complexity index is 392. The van der Waals surface area contributed by atoms with Gasteiger partial charge in [-0.2, -0.15) is 11.8 Å². The molecule has 0 amide bonds. The molecule has 5 heteroatoms. The molecule has 2 heterocycles. The van der Waals surface area contributed by atoms with E-state index in [-0.39, 0.29) is 5.82 Å². The number of hydrogen-bond donors (Lipinski definition) is 0. The highest BCUT2D eigenvalue weighted by molar-refractivity contribution is 8.00. The Morgan fingerprint density at radius 1 is 1.47 bits per heavy atom. The van der Waals surface area contributed by atoms with Crippen LogP contribution in [0.4, 0.5) is 10.2 Å². The zero-order chi connectivity index (χ0) is 12.4. The minimum atomic E-state index is -0.322. The van der Waals surface area contributed by atoms with Crippen molar-refractivity contribution in [3.05, 3.63) is 23.6 Å². The van der Waals surface area contributed by atoms with E-state index in [9.17, 15) is 4.39 Å². The molecule has 0 bridgehead atoms. The lowest BCUT2D eigenvalue weighted by molar-refractivity contribution is 0.617. The summed E-state index contributed by atoms with van der Waals surface area (Å²) in [6.45, 7) is 6.30. The highest BCUT2D eigenvalue weighted by atomic mass is 35.5. The normalized spacial score (nSPS) is 25.1. The Morgan fingerprint density at radius 2 is 2.12 bits per heavy atom. The number of halogens is 2. The Hall–Kier alpha value is -0.480. The van der Waals surface area contributed by atoms with E-state index < -0.39 is 0 Å². The van der Waals surface area contributed by atoms with Crippen LogP contribution in [0, 0.1) is 5.82 Å². The standard InChI is InChI=1S/C12H16ClFN2S/c1-8-6-16(7-9(2)17-8)12-10(4-13)3-11(14)5-15-12/h3,5,8-9H,4,6-7H2,1-2H3. The number of pyridine rings is 1. The van der Waals surface area contributed by atoms with Gasteiger partial charge in [0.15, 0.2) is 0 Å². The first-order valence-electron chi connectivity index (χ1n) is 5.71. The summed E-state index contributed by atoms with van der Waals surface area (Å²) in [5.41, 5.74) is 0.776. The molecule has 0 aromatic carbocycles. The molecule has 1 fully saturated rings. The number of alkyl halides is 1. The molecule has 0 saturated carbocycles. The predicted molar refractivity (Wildman–Crippen MR) is 72.5 cm³/mol. The van der Waals surface area contributed by atoms with Crippen molar-refractivity contribution in [2.45, 2.75) is 30.2 Å². The van der Waals surface area contributed by atoms with Crippen LogP contribution in [-0.4, -0.2) is 28.6 Å². The van der Waals surface area contributed by atoms with Gasteiger partial charge in [-0.05, 0) is 6.07 Å². The van der Waals surface area contributed by atoms with Gasteiger partial charge in [0.2, 0.25) is 0 Å². The van der Waals surface area contributed by atoms with Crippen LogP contribution in [0.1, 0.15) is 19.4 Å². The van der Waals surface area contributed by atoms with Gasteiger partial charge in [-0.15, -0.1) is 11.6 Å². The van der Waals surface area contributed by atoms with Crippen molar-refractivity contribution in [3.8, 4) is 0 Å². The summed E-state index contributed by atoms with van der Waals surface area (Å²) in [7, 11) is 0. The highest BCUT2D eigenvalue weighted by Gasteiger charge is 2.24. The van der Waals surface area contributed by atoms with Crippen LogP contribution >= 0.6 is 23.4 Å². The molecule has 1 aliphatic heterocycles. The van der Waals surface area contributed by atoms with E-state index >= 15 is 0 Å². The third-order valence-electron chi connectivity index (χ3n) is 2.77. The first kappa shape index (κ1) is 13.0. The highest BCUT2D eigenvalue weighted by Crippen LogP contribution is 2.29. The van der Waals surface area contributed by atoms with E-state index in [4.69, 9.17) is 11.6 Å². The van der Waals surface area contributed by atoms with E-state index in [0.717, 1.165) is 24.5 Å². The van der Waals surface area contributed by atoms with Crippen LogP contribution < -0.4 is 4.90 Å². The zero-order valence-electron chi connectivity index (χ0n) is 9.99. The lowest BCUT2D eigenvalue weighted by Gasteiger charge is -2.36. The second-order valence-corrected chi connectivity index (χ2v) is 6.58. The van der Waals surface area contributed by atoms with Gasteiger partial charge >= 0.3 is 0 Å². The van der Waals surface area contributed by atoms with Gasteiger partial charge in [0, 0.05) is 29.2 Å². The van der Waals surface area contributed by atoms with Gasteiger partial charge < -0.3 is 4.90 Å². The average molecular weight is 275 g/mol. The van der Waals surface area contributed by atoms with Gasteiger partial charge in [0.05, 0.1) is 12.1 Å². The molecule has 0 radical (unpaired) electrons. The monoisotopic (exact) mass is 274 g/mol. The molecule has 0 N–H and O–H groups in total. The Morgan fingerprint density at radius 3 is 2.71 bits per heavy atom. The van der Waals surface area contributed by atoms with E-state index in [1.807, 2.05) is 11.8 Å². The Kier molecular flexibility index (Phi) is 4.15. The van der Waals surface area contributed by atoms with Gasteiger partial charge in [0.25, 0.3) is 0 Å². The fraction of sp³-hybridized carbons (Fsp3) is 0.583. The zero-order valence-corrected chi connectivity index (χ0v) is 11.6. The largest absolute Gasteiger partial charge is 0.354 e. The van der Waals surface area contributed by atoms with Crippen LogP contribution in [0.25, 0.3) is 0 Å². The number of thioether (sulfide) groups is 1. The molecular weight excluding hydrogens is 259 g/mol. The number of aromatic nitrogens is 1. The van der Waals surface area contributed by atoms with Crippen molar-refractivity contribution in [1.29, 1.82) is 0 Å². The predicted octanol–water partition coefficient (Wildman–Crippen LogP) is 3.29. The molecular formula is C12H16ClFN2S. The Balaban J connectivity index is 2.26. The molecule has 2 unspecified atom stereocenters. The van der Waals surface area contributed by atoms with E-state index in [1.165, 1.54) is 12.3 Å². The van der Waals surface area contributed by atoms with Crippen molar-refractivity contribution in [3.63, 3.8) is 0 Å². The lowest BCUT2D eigenvalue weighted by Crippen LogP contribution is -2.41. The fourth-order valence-corrected chi connectivity index (χ4v) is 3.73. The molecule has 1 saturated heterocycles. The summed E-state index contributed by atoms with van der Waals surface area (Å²) < 4.78 is 13.1. The minimum absolute atomic E-state index is 0.298. The van der Waals surface area contributed by atoms with Crippen molar-refractivity contribution in [1.82, 2.24) is 4.98 Å². The molecule has 2 atom stereocenters. The summed E-state index contributed by atoms with van der Waals surface area (Å²) in [6.07, 6.45) is 1.27. The second kappa shape index (κ2) is 5.44. The van der Waals surface area contributed by atoms with Crippen LogP contribution in [0.2, 0.25) is 0 Å². The van der Waals surface area contributed by atoms with Crippen molar-refractivity contribution >= 4 is 29.2 Å². The smallest absolute Gasteiger partial charge is 0.141 e. The summed E-state index contributed by atoms with van der Waals surface area (Å²) in [6, 6.07) is 1.48. The molecule has 17 heavy (non-hydrogen) atoms. The molecule has 2 nitrogen and oxygen atoms in total. The maximum Gasteiger partial charge on any atom is 0.141 e. The number of hydrogen-bond acceptors (Lipinski definition) is 3. The topological polar surface area (TPSA) is 16.1 Å². The molecule has 1 aromatic heterocycles. The van der Waals surface area contributed by atoms with Crippen LogP contribution in [0.3, 0.4) is 0 Å². The molecule has 94 valence electrons. The summed E-state index contributed by atoms with van der Waals surface area (Å²) in [4.78, 5) is 6.41. The molecule has 0 aliphatic carbocycles. The molecule has 0 spiro atoms. The lowest BCUT2D eigenvalue weighted by atomic mass is 10.2. The van der Waals surface area contributed by atoms with E-state index in [1.54, 1.807) is 0 Å². The maximum absolute atomic E-state index is 13.1. The number of rotatable bonds is 2. The summed E-state index contributed by atoms with van der Waals surface area (Å²) in [5.74, 6) is 0.809. The fourth-order valence-electron chi connectivity index (χ4n) is 2.21. The molecule has 2 rings (SSSR count). The van der Waals surface area contributed by atoms with Crippen molar-refractivity contribution in [2.75, 3.05) is 18.0 Å². The number of anilines is 1. The third kappa shape index (κ3) is 3.05. The molecule has 1 aromatic rings. The van der Waals surface area contributed by atoms with Gasteiger partial charge in [0.1, 0.15) is 11.6 Å². The maximum atomic E-state index is 13.1. The third-order valence-corrected chi connectivity index (χ3v) is 4.29. The van der Waals surface area contributed by atoms with Gasteiger partial charge in [-0.3, -0.25) is 0 Å². The van der Waals surface area contributed by atoms with Crippen molar-refractivity contribution in [2.24, 2.45) is 0 Å². The molecule has 1 aliphatic rings. The van der Waals surface area contributed by atoms with Crippen LogP contribution in [0.15, 0.2) is 12.3 Å². The first-order chi connectivity index (χ1) is 8.10. The summed E-state index contributed by atoms with van der Waals surface area (Å²) >= 11 is 7.84. The van der Waals surface area contributed by atoms with Crippen LogP contribution in [0.5, 0.6) is 0 Å². The Labute approximate surface area is 111 Å². The number of nitrogens with zero attached hydrogens (tertiary/aromatic N) is 2. The van der Waals surface area contributed by atoms with Crippen molar-refractivity contribution < 1.29 is 4.39 Å².